The molecule has 0 N–H and O–H groups in total. The molecule has 2 fully saturated rings. The zero-order valence-corrected chi connectivity index (χ0v) is 12.6. The van der Waals surface area contributed by atoms with Crippen LogP contribution < -0.4 is 0 Å². The normalized spacial score (nSPS) is 32.9. The van der Waals surface area contributed by atoms with Crippen molar-refractivity contribution in [3.63, 3.8) is 0 Å². The molecule has 0 unspecified atom stereocenters. The molecule has 0 amide bonds. The Balaban J connectivity index is 2.11. The zero-order valence-electron chi connectivity index (χ0n) is 10.4. The van der Waals surface area contributed by atoms with Gasteiger partial charge in [-0.15, -0.1) is 0 Å². The summed E-state index contributed by atoms with van der Waals surface area (Å²) in [5, 5.41) is 0. The summed E-state index contributed by atoms with van der Waals surface area (Å²) in [6, 6.07) is 0. The Labute approximate surface area is 117 Å². The van der Waals surface area contributed by atoms with Gasteiger partial charge in [-0.05, 0) is 23.7 Å². The third-order valence-electron chi connectivity index (χ3n) is 3.92. The van der Waals surface area contributed by atoms with Gasteiger partial charge < -0.3 is 9.47 Å². The quantitative estimate of drug-likeness (QED) is 0.577. The molecule has 2 aliphatic rings. The van der Waals surface area contributed by atoms with E-state index in [4.69, 9.17) is 9.47 Å². The maximum Gasteiger partial charge on any atom is 0.178 e. The summed E-state index contributed by atoms with van der Waals surface area (Å²) in [6.07, 6.45) is 5.00. The van der Waals surface area contributed by atoms with Crippen LogP contribution in [-0.4, -0.2) is 29.2 Å². The average Bonchev–Trinajstić information content (AvgIpc) is 2.80. The molecule has 0 radical (unpaired) electrons. The highest BCUT2D eigenvalue weighted by Crippen LogP contribution is 2.41. The van der Waals surface area contributed by atoms with E-state index in [-0.39, 0.29) is 11.8 Å². The Hall–Kier alpha value is 0.320. The molecule has 0 aromatic heterocycles. The predicted molar refractivity (Wildman–Crippen MR) is 74.3 cm³/mol. The van der Waals surface area contributed by atoms with Crippen molar-refractivity contribution in [3.8, 4) is 0 Å². The third-order valence-corrected chi connectivity index (χ3v) is 4.69. The van der Waals surface area contributed by atoms with E-state index in [1.54, 1.807) is 0 Å². The topological polar surface area (TPSA) is 35.5 Å². The molecule has 0 aromatic rings. The maximum absolute atomic E-state index is 12.3. The maximum atomic E-state index is 12.3. The number of ketones is 1. The van der Waals surface area contributed by atoms with Crippen LogP contribution in [0.3, 0.4) is 0 Å². The minimum atomic E-state index is -0.586. The van der Waals surface area contributed by atoms with Crippen LogP contribution in [0.1, 0.15) is 39.0 Å². The Morgan fingerprint density at radius 2 is 2.06 bits per heavy atom. The van der Waals surface area contributed by atoms with Crippen LogP contribution in [0, 0.1) is 11.8 Å². The van der Waals surface area contributed by atoms with Crippen molar-refractivity contribution in [2.45, 2.75) is 44.8 Å². The van der Waals surface area contributed by atoms with Gasteiger partial charge in [-0.25, -0.2) is 0 Å². The van der Waals surface area contributed by atoms with Crippen molar-refractivity contribution in [1.82, 2.24) is 0 Å². The van der Waals surface area contributed by atoms with Crippen molar-refractivity contribution < 1.29 is 14.3 Å². The summed E-state index contributed by atoms with van der Waals surface area (Å²) >= 11 is 2.36. The van der Waals surface area contributed by atoms with Crippen molar-refractivity contribution in [1.29, 1.82) is 0 Å². The molecule has 3 nitrogen and oxygen atoms in total. The Morgan fingerprint density at radius 1 is 1.35 bits per heavy atom. The van der Waals surface area contributed by atoms with E-state index in [0.29, 0.717) is 19.0 Å². The second-order valence-corrected chi connectivity index (χ2v) is 6.17. The van der Waals surface area contributed by atoms with E-state index < -0.39 is 5.79 Å². The monoisotopic (exact) mass is 352 g/mol. The van der Waals surface area contributed by atoms with Gasteiger partial charge in [0.05, 0.1) is 19.1 Å². The number of ether oxygens (including phenoxy) is 2. The van der Waals surface area contributed by atoms with E-state index >= 15 is 0 Å². The summed E-state index contributed by atoms with van der Waals surface area (Å²) in [5.74, 6) is -0.0851. The number of hydrogen-bond donors (Lipinski definition) is 0. The first-order valence-corrected chi connectivity index (χ1v) is 8.10. The second kappa shape index (κ2) is 5.97. The van der Waals surface area contributed by atoms with Crippen LogP contribution in [0.25, 0.3) is 0 Å². The largest absolute Gasteiger partial charge is 0.347 e. The highest BCUT2D eigenvalue weighted by molar-refractivity contribution is 14.1. The minimum Gasteiger partial charge on any atom is -0.347 e. The van der Waals surface area contributed by atoms with Gasteiger partial charge in [0.25, 0.3) is 0 Å². The molecule has 1 aliphatic heterocycles. The van der Waals surface area contributed by atoms with Crippen LogP contribution >= 0.6 is 22.6 Å². The predicted octanol–water partition coefficient (Wildman–Crippen LogP) is 2.95. The molecule has 1 saturated carbocycles. The molecule has 0 aromatic carbocycles. The van der Waals surface area contributed by atoms with Crippen LogP contribution in [0.15, 0.2) is 0 Å². The number of carbonyl (C=O) groups is 1. The van der Waals surface area contributed by atoms with Gasteiger partial charge in [0, 0.05) is 12.3 Å². The Bertz CT molecular complexity index is 274. The summed E-state index contributed by atoms with van der Waals surface area (Å²) in [6.45, 7) is 3.31. The highest BCUT2D eigenvalue weighted by Gasteiger charge is 2.49. The van der Waals surface area contributed by atoms with E-state index in [1.807, 2.05) is 6.92 Å². The van der Waals surface area contributed by atoms with Gasteiger partial charge in [0.2, 0.25) is 0 Å². The van der Waals surface area contributed by atoms with E-state index in [1.165, 1.54) is 0 Å². The third kappa shape index (κ3) is 2.84. The number of alkyl halides is 1. The van der Waals surface area contributed by atoms with E-state index in [9.17, 15) is 4.79 Å². The summed E-state index contributed by atoms with van der Waals surface area (Å²) in [5.41, 5.74) is 0. The molecule has 1 heterocycles. The van der Waals surface area contributed by atoms with Gasteiger partial charge in [-0.1, -0.05) is 35.9 Å². The van der Waals surface area contributed by atoms with Gasteiger partial charge in [0.15, 0.2) is 5.79 Å². The molecule has 1 aliphatic carbocycles. The lowest BCUT2D eigenvalue weighted by molar-refractivity contribution is -0.206. The van der Waals surface area contributed by atoms with E-state index in [2.05, 4.69) is 22.6 Å². The molecule has 4 heteroatoms. The smallest absolute Gasteiger partial charge is 0.178 e. The number of rotatable bonds is 4. The van der Waals surface area contributed by atoms with Crippen LogP contribution in [0.2, 0.25) is 0 Å². The molecule has 0 spiro atoms. The molecular formula is C13H21IO3. The van der Waals surface area contributed by atoms with Gasteiger partial charge in [-0.3, -0.25) is 4.79 Å². The first kappa shape index (κ1) is 13.7. The summed E-state index contributed by atoms with van der Waals surface area (Å²) in [4.78, 5) is 12.3. The highest BCUT2D eigenvalue weighted by atomic mass is 127. The van der Waals surface area contributed by atoms with Gasteiger partial charge in [-0.2, -0.15) is 0 Å². The molecule has 1 saturated heterocycles. The standard InChI is InChI=1S/C13H21IO3/c1-10-4-2-5-11(12(10)15)13(6-3-7-14)16-8-9-17-13/h10-11H,2-9H2,1H3/t10-,11+/m0/s1. The average molecular weight is 352 g/mol. The summed E-state index contributed by atoms with van der Waals surface area (Å²) < 4.78 is 12.8. The molecule has 2 atom stereocenters. The minimum absolute atomic E-state index is 0.0308. The number of hydrogen-bond acceptors (Lipinski definition) is 3. The van der Waals surface area contributed by atoms with Crippen molar-refractivity contribution >= 4 is 28.4 Å². The molecule has 0 bridgehead atoms. The van der Waals surface area contributed by atoms with E-state index in [0.717, 1.165) is 36.5 Å². The Kier molecular flexibility index (Phi) is 4.83. The van der Waals surface area contributed by atoms with Crippen molar-refractivity contribution in [3.05, 3.63) is 0 Å². The fourth-order valence-corrected chi connectivity index (χ4v) is 3.38. The molecule has 98 valence electrons. The van der Waals surface area contributed by atoms with Crippen molar-refractivity contribution in [2.75, 3.05) is 17.6 Å². The van der Waals surface area contributed by atoms with Crippen LogP contribution in [0.5, 0.6) is 0 Å². The van der Waals surface area contributed by atoms with Crippen LogP contribution in [-0.2, 0) is 14.3 Å². The first-order valence-electron chi connectivity index (χ1n) is 6.57. The summed E-state index contributed by atoms with van der Waals surface area (Å²) in [7, 11) is 0. The second-order valence-electron chi connectivity index (χ2n) is 5.09. The molecule has 2 rings (SSSR count). The van der Waals surface area contributed by atoms with Gasteiger partial charge >= 0.3 is 0 Å². The number of halogens is 1. The lowest BCUT2D eigenvalue weighted by Crippen LogP contribution is -2.47. The fraction of sp³-hybridized carbons (Fsp3) is 0.923. The van der Waals surface area contributed by atoms with Gasteiger partial charge in [0.1, 0.15) is 5.78 Å². The SMILES string of the molecule is C[C@H]1CCC[C@@H](C2(CCCI)OCCO2)C1=O. The Morgan fingerprint density at radius 3 is 2.71 bits per heavy atom. The lowest BCUT2D eigenvalue weighted by Gasteiger charge is -2.38. The first-order chi connectivity index (χ1) is 8.19. The fourth-order valence-electron chi connectivity index (χ4n) is 3.00. The zero-order chi connectivity index (χ0) is 12.3. The molecular weight excluding hydrogens is 331 g/mol. The number of carbonyl (C=O) groups excluding carboxylic acids is 1. The lowest BCUT2D eigenvalue weighted by atomic mass is 9.75. The molecule has 17 heavy (non-hydrogen) atoms. The van der Waals surface area contributed by atoms with Crippen LogP contribution in [0.4, 0.5) is 0 Å². The van der Waals surface area contributed by atoms with Crippen molar-refractivity contribution in [2.24, 2.45) is 11.8 Å². The number of Topliss-reactive ketones (excluding diaryl/α,β-unsaturated/α-hetero) is 1.